The minimum absolute atomic E-state index is 0.0186. The van der Waals surface area contributed by atoms with Gasteiger partial charge in [0.05, 0.1) is 0 Å². The van der Waals surface area contributed by atoms with Gasteiger partial charge in [-0.25, -0.2) is 0 Å². The third-order valence-electron chi connectivity index (χ3n) is 5.91. The van der Waals surface area contributed by atoms with Crippen LogP contribution in [0.25, 0.3) is 4.91 Å². The Labute approximate surface area is 174 Å². The molecule has 0 N–H and O–H groups in total. The molecule has 2 heterocycles. The first kappa shape index (κ1) is 21.6. The molecule has 0 aliphatic carbocycles. The van der Waals surface area contributed by atoms with Crippen molar-refractivity contribution >= 4 is 26.7 Å². The first-order valence-electron chi connectivity index (χ1n) is 10.5. The van der Waals surface area contributed by atoms with E-state index in [0.29, 0.717) is 48.1 Å². The first-order valence-corrected chi connectivity index (χ1v) is 11.9. The molecule has 6 nitrogen and oxygen atoms in total. The molecule has 1 saturated heterocycles. The molecule has 29 heavy (non-hydrogen) atoms. The molecule has 2 aliphatic heterocycles. The van der Waals surface area contributed by atoms with Crippen LogP contribution >= 0.6 is 0 Å². The maximum atomic E-state index is 12.8. The fourth-order valence-electron chi connectivity index (χ4n) is 3.91. The van der Waals surface area contributed by atoms with Crippen LogP contribution in [0.2, 0.25) is 0 Å². The van der Waals surface area contributed by atoms with Crippen molar-refractivity contribution in [2.75, 3.05) is 26.2 Å². The summed E-state index contributed by atoms with van der Waals surface area (Å²) in [6, 6.07) is 7.66. The quantitative estimate of drug-likeness (QED) is 0.754. The summed E-state index contributed by atoms with van der Waals surface area (Å²) in [6.07, 6.45) is 2.54. The van der Waals surface area contributed by atoms with Gasteiger partial charge >= 0.3 is 0 Å². The van der Waals surface area contributed by atoms with E-state index in [1.807, 2.05) is 54.8 Å². The van der Waals surface area contributed by atoms with Crippen LogP contribution in [0.15, 0.2) is 34.2 Å². The highest BCUT2D eigenvalue weighted by Gasteiger charge is 2.34. The normalized spacial score (nSPS) is 20.5. The van der Waals surface area contributed by atoms with Crippen molar-refractivity contribution in [1.29, 1.82) is 0 Å². The molecule has 3 rings (SSSR count). The summed E-state index contributed by atoms with van der Waals surface area (Å²) in [7, 11) is -3.72. The number of carbonyl (C=O) groups is 1. The summed E-state index contributed by atoms with van der Waals surface area (Å²) in [4.78, 5) is 16.8. The zero-order valence-electron chi connectivity index (χ0n) is 17.8. The lowest BCUT2D eigenvalue weighted by molar-refractivity contribution is -0.134. The van der Waals surface area contributed by atoms with Gasteiger partial charge in [0.15, 0.2) is 0 Å². The smallest absolute Gasteiger partial charge is 0.285 e. The topological polar surface area (TPSA) is 70.0 Å². The molecule has 1 amide bonds. The van der Waals surface area contributed by atoms with Crippen molar-refractivity contribution in [2.45, 2.75) is 47.0 Å². The molecule has 158 valence electrons. The van der Waals surface area contributed by atoms with Crippen molar-refractivity contribution in [1.82, 2.24) is 9.80 Å². The Hall–Kier alpha value is -2.15. The van der Waals surface area contributed by atoms with Crippen LogP contribution in [0, 0.1) is 5.92 Å². The van der Waals surface area contributed by atoms with Crippen LogP contribution in [0.5, 0.6) is 0 Å². The molecule has 2 aliphatic rings. The van der Waals surface area contributed by atoms with E-state index in [-0.39, 0.29) is 11.8 Å². The van der Waals surface area contributed by atoms with Crippen LogP contribution in [0.4, 0.5) is 0 Å². The van der Waals surface area contributed by atoms with Gasteiger partial charge < -0.3 is 9.80 Å². The lowest BCUT2D eigenvalue weighted by Gasteiger charge is -2.25. The van der Waals surface area contributed by atoms with Crippen molar-refractivity contribution in [3.8, 4) is 0 Å². The zero-order valence-corrected chi connectivity index (χ0v) is 18.6. The summed E-state index contributed by atoms with van der Waals surface area (Å²) in [5.41, 5.74) is 2.54. The summed E-state index contributed by atoms with van der Waals surface area (Å²) in [6.45, 7) is 10.5. The molecular weight excluding hydrogens is 386 g/mol. The highest BCUT2D eigenvalue weighted by Crippen LogP contribution is 2.34. The number of amides is 1. The highest BCUT2D eigenvalue weighted by molar-refractivity contribution is 8.00. The Morgan fingerprint density at radius 1 is 1.10 bits per heavy atom. The lowest BCUT2D eigenvalue weighted by atomic mass is 10.1. The fourth-order valence-corrected chi connectivity index (χ4v) is 5.39. The maximum absolute atomic E-state index is 12.8. The second-order valence-electron chi connectivity index (χ2n) is 7.87. The second kappa shape index (κ2) is 8.69. The first-order chi connectivity index (χ1) is 13.8. The molecule has 7 heteroatoms. The molecule has 0 saturated carbocycles. The van der Waals surface area contributed by atoms with Crippen LogP contribution in [0.3, 0.4) is 0 Å². The number of carbonyl (C=O) groups excluding carboxylic acids is 1. The van der Waals surface area contributed by atoms with Gasteiger partial charge in [0.25, 0.3) is 10.0 Å². The van der Waals surface area contributed by atoms with Gasteiger partial charge in [-0.1, -0.05) is 45.0 Å². The van der Waals surface area contributed by atoms with E-state index in [9.17, 15) is 13.2 Å². The minimum Gasteiger partial charge on any atom is -0.354 e. The molecule has 0 bridgehead atoms. The predicted molar refractivity (Wildman–Crippen MR) is 117 cm³/mol. The summed E-state index contributed by atoms with van der Waals surface area (Å²) >= 11 is 0. The Balaban J connectivity index is 1.83. The highest BCUT2D eigenvalue weighted by atomic mass is 32.2. The molecule has 1 fully saturated rings. The van der Waals surface area contributed by atoms with Crippen LogP contribution < -0.4 is 0 Å². The average molecular weight is 418 g/mol. The van der Waals surface area contributed by atoms with Crippen molar-refractivity contribution in [3.05, 3.63) is 41.0 Å². The van der Waals surface area contributed by atoms with Crippen LogP contribution in [-0.2, 0) is 21.2 Å². The Morgan fingerprint density at radius 3 is 2.41 bits per heavy atom. The number of benzene rings is 1. The average Bonchev–Trinajstić information content (AvgIpc) is 2.87. The Bertz CT molecular complexity index is 933. The van der Waals surface area contributed by atoms with Crippen molar-refractivity contribution in [3.63, 3.8) is 0 Å². The molecule has 0 radical (unpaired) electrons. The zero-order chi connectivity index (χ0) is 21.2. The number of sulfonamides is 1. The molecule has 1 aromatic carbocycles. The van der Waals surface area contributed by atoms with E-state index in [0.717, 1.165) is 19.3 Å². The van der Waals surface area contributed by atoms with Gasteiger partial charge in [-0.05, 0) is 37.3 Å². The van der Waals surface area contributed by atoms with Crippen molar-refractivity contribution in [2.24, 2.45) is 10.3 Å². The number of rotatable bonds is 4. The standard InChI is InChI=1S/C22H31N3O3S/c1-5-16(3)22(26)25-13-7-12-24(14-15-25)21-17(4)20(29(27,28)23-21)19-10-8-18(6-2)9-11-19/h8-11,16H,5-7,12-15H2,1-4H3/t16-/m0/s1. The number of nitrogens with zero attached hydrogens (tertiary/aromatic N) is 3. The SMILES string of the molecule is CCc1ccc(C2=C(C)C(N3CCCN(C(=O)[C@@H](C)CC)CC3)=NS2(=O)=O)cc1. The van der Waals surface area contributed by atoms with Gasteiger partial charge in [-0.2, -0.15) is 8.42 Å². The Morgan fingerprint density at radius 2 is 1.79 bits per heavy atom. The monoisotopic (exact) mass is 417 g/mol. The van der Waals surface area contributed by atoms with E-state index >= 15 is 0 Å². The predicted octanol–water partition coefficient (Wildman–Crippen LogP) is 3.30. The van der Waals surface area contributed by atoms with E-state index in [2.05, 4.69) is 11.3 Å². The van der Waals surface area contributed by atoms with Gasteiger partial charge in [0.1, 0.15) is 10.7 Å². The van der Waals surface area contributed by atoms with E-state index in [4.69, 9.17) is 0 Å². The fraction of sp³-hybridized carbons (Fsp3) is 0.545. The van der Waals surface area contributed by atoms with E-state index < -0.39 is 10.0 Å². The summed E-state index contributed by atoms with van der Waals surface area (Å²) in [5.74, 6) is 0.724. The molecule has 0 spiro atoms. The largest absolute Gasteiger partial charge is 0.354 e. The van der Waals surface area contributed by atoms with Gasteiger partial charge in [-0.15, -0.1) is 4.40 Å². The molecule has 0 aromatic heterocycles. The number of aryl methyl sites for hydroxylation is 1. The molecule has 0 unspecified atom stereocenters. The van der Waals surface area contributed by atoms with E-state index in [1.54, 1.807) is 0 Å². The molecule has 1 aromatic rings. The minimum atomic E-state index is -3.72. The molecule has 1 atom stereocenters. The van der Waals surface area contributed by atoms with Crippen molar-refractivity contribution < 1.29 is 13.2 Å². The Kier molecular flexibility index (Phi) is 6.46. The maximum Gasteiger partial charge on any atom is 0.285 e. The number of amidine groups is 1. The van der Waals surface area contributed by atoms with Crippen LogP contribution in [0.1, 0.15) is 51.7 Å². The van der Waals surface area contributed by atoms with E-state index in [1.165, 1.54) is 5.56 Å². The number of hydrogen-bond donors (Lipinski definition) is 0. The summed E-state index contributed by atoms with van der Waals surface area (Å²) in [5, 5.41) is 0. The van der Waals surface area contributed by atoms with Gasteiger partial charge in [0.2, 0.25) is 5.91 Å². The van der Waals surface area contributed by atoms with Gasteiger partial charge in [-0.3, -0.25) is 4.79 Å². The third kappa shape index (κ3) is 4.39. The second-order valence-corrected chi connectivity index (χ2v) is 9.41. The lowest BCUT2D eigenvalue weighted by Crippen LogP contribution is -2.39. The number of hydrogen-bond acceptors (Lipinski definition) is 4. The molecular formula is C22H31N3O3S. The van der Waals surface area contributed by atoms with Gasteiger partial charge in [0, 0.05) is 37.7 Å². The third-order valence-corrected chi connectivity index (χ3v) is 7.38. The van der Waals surface area contributed by atoms with Crippen LogP contribution in [-0.4, -0.2) is 56.1 Å². The summed E-state index contributed by atoms with van der Waals surface area (Å²) < 4.78 is 29.8.